The Balaban J connectivity index is 1.96. The average molecular weight is 221 g/mol. The van der Waals surface area contributed by atoms with E-state index in [4.69, 9.17) is 9.57 Å². The minimum atomic E-state index is 0.156. The number of hydrogen-bond acceptors (Lipinski definition) is 3. The van der Waals surface area contributed by atoms with Gasteiger partial charge in [0.15, 0.2) is 0 Å². The third-order valence-electron chi connectivity index (χ3n) is 2.61. The maximum absolute atomic E-state index is 5.52. The molecule has 88 valence electrons. The van der Waals surface area contributed by atoms with Gasteiger partial charge in [-0.05, 0) is 17.0 Å². The van der Waals surface area contributed by atoms with Crippen molar-refractivity contribution < 1.29 is 9.57 Å². The molecule has 0 saturated heterocycles. The molecule has 0 spiro atoms. The van der Waals surface area contributed by atoms with E-state index in [2.05, 4.69) is 37.5 Å². The van der Waals surface area contributed by atoms with Crippen molar-refractivity contribution in [3.8, 4) is 0 Å². The van der Waals surface area contributed by atoms with Gasteiger partial charge in [0.1, 0.15) is 0 Å². The largest absolute Gasteiger partial charge is 0.375 e. The van der Waals surface area contributed by atoms with Crippen LogP contribution in [-0.4, -0.2) is 13.2 Å². The summed E-state index contributed by atoms with van der Waals surface area (Å²) >= 11 is 0. The molecule has 0 radical (unpaired) electrons. The molecule has 0 fully saturated rings. The van der Waals surface area contributed by atoms with E-state index in [1.165, 1.54) is 11.1 Å². The summed E-state index contributed by atoms with van der Waals surface area (Å²) in [4.78, 5) is 5.46. The molecule has 1 aromatic rings. The van der Waals surface area contributed by atoms with E-state index in [0.717, 1.165) is 6.61 Å². The molecule has 2 rings (SSSR count). The molecule has 1 aliphatic heterocycles. The zero-order valence-corrected chi connectivity index (χ0v) is 9.90. The number of hydrogen-bond donors (Lipinski definition) is 1. The van der Waals surface area contributed by atoms with Crippen molar-refractivity contribution in [2.45, 2.75) is 26.5 Å². The molecule has 1 aromatic carbocycles. The van der Waals surface area contributed by atoms with Crippen LogP contribution in [0.1, 0.15) is 31.0 Å². The highest BCUT2D eigenvalue weighted by atomic mass is 16.6. The first-order valence-corrected chi connectivity index (χ1v) is 5.80. The number of benzene rings is 1. The Labute approximate surface area is 96.7 Å². The third-order valence-corrected chi connectivity index (χ3v) is 2.61. The molecule has 0 aromatic heterocycles. The normalized spacial score (nSPS) is 19.8. The number of rotatable bonds is 4. The first kappa shape index (κ1) is 11.6. The predicted octanol–water partition coefficient (Wildman–Crippen LogP) is 2.44. The number of nitrogens with one attached hydrogen (secondary N) is 1. The summed E-state index contributed by atoms with van der Waals surface area (Å²) < 4.78 is 5.52. The summed E-state index contributed by atoms with van der Waals surface area (Å²) in [5, 5.41) is 0. The first-order valence-electron chi connectivity index (χ1n) is 5.80. The highest BCUT2D eigenvalue weighted by molar-refractivity contribution is 5.30. The zero-order chi connectivity index (χ0) is 11.4. The van der Waals surface area contributed by atoms with E-state index in [0.29, 0.717) is 19.1 Å². The lowest BCUT2D eigenvalue weighted by Crippen LogP contribution is -2.30. The summed E-state index contributed by atoms with van der Waals surface area (Å²) in [5.41, 5.74) is 5.62. The van der Waals surface area contributed by atoms with Crippen LogP contribution in [-0.2, 0) is 16.2 Å². The summed E-state index contributed by atoms with van der Waals surface area (Å²) in [6, 6.07) is 8.49. The summed E-state index contributed by atoms with van der Waals surface area (Å²) in [6.07, 6.45) is 0. The number of hydroxylamine groups is 1. The van der Waals surface area contributed by atoms with Crippen molar-refractivity contribution in [3.63, 3.8) is 0 Å². The molecule has 1 atom stereocenters. The van der Waals surface area contributed by atoms with Crippen LogP contribution in [0.4, 0.5) is 0 Å². The van der Waals surface area contributed by atoms with Gasteiger partial charge < -0.3 is 9.57 Å². The van der Waals surface area contributed by atoms with Crippen LogP contribution in [0.25, 0.3) is 0 Å². The van der Waals surface area contributed by atoms with Crippen molar-refractivity contribution in [3.05, 3.63) is 35.4 Å². The molecule has 1 aliphatic rings. The fourth-order valence-corrected chi connectivity index (χ4v) is 1.79. The number of ether oxygens (including phenoxy) is 1. The molecule has 0 amide bonds. The van der Waals surface area contributed by atoms with Crippen molar-refractivity contribution in [2.24, 2.45) is 5.92 Å². The minimum absolute atomic E-state index is 0.156. The van der Waals surface area contributed by atoms with Crippen molar-refractivity contribution >= 4 is 0 Å². The lowest BCUT2D eigenvalue weighted by molar-refractivity contribution is -0.0337. The van der Waals surface area contributed by atoms with E-state index in [1.807, 2.05) is 6.07 Å². The highest BCUT2D eigenvalue weighted by Gasteiger charge is 2.20. The predicted molar refractivity (Wildman–Crippen MR) is 62.8 cm³/mol. The minimum Gasteiger partial charge on any atom is -0.375 e. The van der Waals surface area contributed by atoms with Crippen LogP contribution in [0, 0.1) is 5.92 Å². The van der Waals surface area contributed by atoms with Crippen molar-refractivity contribution in [1.29, 1.82) is 0 Å². The van der Waals surface area contributed by atoms with Crippen molar-refractivity contribution in [2.75, 3.05) is 13.2 Å². The van der Waals surface area contributed by atoms with E-state index in [1.54, 1.807) is 0 Å². The molecule has 0 bridgehead atoms. The standard InChI is InChI=1S/C13H19NO2/c1-10(2)7-16-14-13-9-15-8-11-5-3-4-6-12(11)13/h3-6,10,13-14H,7-9H2,1-2H3. The summed E-state index contributed by atoms with van der Waals surface area (Å²) in [7, 11) is 0. The molecule has 1 N–H and O–H groups in total. The van der Waals surface area contributed by atoms with Gasteiger partial charge in [-0.15, -0.1) is 0 Å². The van der Waals surface area contributed by atoms with Crippen LogP contribution >= 0.6 is 0 Å². The van der Waals surface area contributed by atoms with Crippen LogP contribution in [0.5, 0.6) is 0 Å². The van der Waals surface area contributed by atoms with Crippen LogP contribution in [0.3, 0.4) is 0 Å². The summed E-state index contributed by atoms with van der Waals surface area (Å²) in [5.74, 6) is 0.534. The second kappa shape index (κ2) is 5.43. The highest BCUT2D eigenvalue weighted by Crippen LogP contribution is 2.24. The molecule has 3 nitrogen and oxygen atoms in total. The Morgan fingerprint density at radius 2 is 2.25 bits per heavy atom. The lowest BCUT2D eigenvalue weighted by atomic mass is 10.00. The quantitative estimate of drug-likeness (QED) is 0.792. The zero-order valence-electron chi connectivity index (χ0n) is 9.90. The maximum Gasteiger partial charge on any atom is 0.0808 e. The Bertz CT molecular complexity index is 338. The van der Waals surface area contributed by atoms with Gasteiger partial charge in [-0.3, -0.25) is 0 Å². The molecular weight excluding hydrogens is 202 g/mol. The van der Waals surface area contributed by atoms with Gasteiger partial charge >= 0.3 is 0 Å². The monoisotopic (exact) mass is 221 g/mol. The molecule has 1 heterocycles. The molecule has 0 aliphatic carbocycles. The van der Waals surface area contributed by atoms with Gasteiger partial charge in [0.05, 0.1) is 25.9 Å². The lowest BCUT2D eigenvalue weighted by Gasteiger charge is -2.26. The van der Waals surface area contributed by atoms with Crippen molar-refractivity contribution in [1.82, 2.24) is 5.48 Å². The Morgan fingerprint density at radius 3 is 3.06 bits per heavy atom. The molecule has 16 heavy (non-hydrogen) atoms. The van der Waals surface area contributed by atoms with Gasteiger partial charge in [-0.2, -0.15) is 5.48 Å². The number of fused-ring (bicyclic) bond motifs is 1. The van der Waals surface area contributed by atoms with Gasteiger partial charge in [0, 0.05) is 0 Å². The molecule has 0 saturated carbocycles. The maximum atomic E-state index is 5.52. The van der Waals surface area contributed by atoms with Gasteiger partial charge in [-0.25, -0.2) is 0 Å². The molecular formula is C13H19NO2. The van der Waals surface area contributed by atoms with Crippen LogP contribution < -0.4 is 5.48 Å². The first-order chi connectivity index (χ1) is 7.77. The van der Waals surface area contributed by atoms with E-state index < -0.39 is 0 Å². The smallest absolute Gasteiger partial charge is 0.0808 e. The second-order valence-electron chi connectivity index (χ2n) is 4.59. The third kappa shape index (κ3) is 2.82. The second-order valence-corrected chi connectivity index (χ2v) is 4.59. The Morgan fingerprint density at radius 1 is 1.44 bits per heavy atom. The van der Waals surface area contributed by atoms with E-state index >= 15 is 0 Å². The van der Waals surface area contributed by atoms with Gasteiger partial charge in [-0.1, -0.05) is 38.1 Å². The van der Waals surface area contributed by atoms with Crippen LogP contribution in [0.2, 0.25) is 0 Å². The SMILES string of the molecule is CC(C)CONC1COCc2ccccc21. The Kier molecular flexibility index (Phi) is 3.93. The van der Waals surface area contributed by atoms with Gasteiger partial charge in [0.25, 0.3) is 0 Å². The molecule has 1 unspecified atom stereocenters. The fourth-order valence-electron chi connectivity index (χ4n) is 1.79. The summed E-state index contributed by atoms with van der Waals surface area (Å²) in [6.45, 7) is 6.37. The van der Waals surface area contributed by atoms with E-state index in [-0.39, 0.29) is 6.04 Å². The Hall–Kier alpha value is -0.900. The van der Waals surface area contributed by atoms with E-state index in [9.17, 15) is 0 Å². The fraction of sp³-hybridized carbons (Fsp3) is 0.538. The topological polar surface area (TPSA) is 30.5 Å². The average Bonchev–Trinajstić information content (AvgIpc) is 2.29. The molecule has 3 heteroatoms. The van der Waals surface area contributed by atoms with Gasteiger partial charge in [0.2, 0.25) is 0 Å². The van der Waals surface area contributed by atoms with Crippen LogP contribution in [0.15, 0.2) is 24.3 Å².